The number of methoxy groups -OCH3 is 2. The summed E-state index contributed by atoms with van der Waals surface area (Å²) in [6, 6.07) is 17.1. The van der Waals surface area contributed by atoms with Crippen molar-refractivity contribution in [1.29, 1.82) is 0 Å². The zero-order chi connectivity index (χ0) is 23.8. The summed E-state index contributed by atoms with van der Waals surface area (Å²) in [5, 5.41) is 0. The summed E-state index contributed by atoms with van der Waals surface area (Å²) in [4.78, 5) is 14.1. The number of nitrogens with one attached hydrogen (secondary N) is 1. The van der Waals surface area contributed by atoms with E-state index in [0.717, 1.165) is 10.6 Å². The first-order valence-electron chi connectivity index (χ1n) is 9.91. The van der Waals surface area contributed by atoms with E-state index in [-0.39, 0.29) is 10.6 Å². The molecule has 0 fully saturated rings. The monoisotopic (exact) mass is 485 g/mol. The van der Waals surface area contributed by atoms with Crippen LogP contribution in [0.4, 0.5) is 5.69 Å². The molecule has 0 unspecified atom stereocenters. The Morgan fingerprint density at radius 1 is 0.818 bits per heavy atom. The van der Waals surface area contributed by atoms with Crippen molar-refractivity contribution in [3.63, 3.8) is 0 Å². The molecule has 8 nitrogen and oxygen atoms in total. The van der Waals surface area contributed by atoms with Crippen molar-refractivity contribution in [2.24, 2.45) is 14.1 Å². The number of aromatic nitrogens is 2. The summed E-state index contributed by atoms with van der Waals surface area (Å²) < 4.78 is 42.3. The predicted molar refractivity (Wildman–Crippen MR) is 129 cm³/mol. The van der Waals surface area contributed by atoms with Crippen LogP contribution in [0.5, 0.6) is 11.5 Å². The van der Waals surface area contributed by atoms with Crippen LogP contribution in [0.3, 0.4) is 0 Å². The van der Waals surface area contributed by atoms with Gasteiger partial charge in [0.05, 0.1) is 35.8 Å². The van der Waals surface area contributed by atoms with Crippen LogP contribution >= 0.6 is 11.8 Å². The van der Waals surface area contributed by atoms with E-state index in [0.29, 0.717) is 27.4 Å². The van der Waals surface area contributed by atoms with Crippen LogP contribution in [0.25, 0.3) is 11.0 Å². The molecule has 0 aliphatic heterocycles. The molecule has 0 aliphatic rings. The van der Waals surface area contributed by atoms with E-state index in [4.69, 9.17) is 9.47 Å². The molecule has 4 aromatic rings. The molecule has 33 heavy (non-hydrogen) atoms. The third kappa shape index (κ3) is 4.44. The average molecular weight is 486 g/mol. The lowest BCUT2D eigenvalue weighted by molar-refractivity contribution is 0.414. The molecule has 10 heteroatoms. The maximum atomic E-state index is 13.1. The van der Waals surface area contributed by atoms with Gasteiger partial charge in [0.2, 0.25) is 0 Å². The molecule has 3 aromatic carbocycles. The average Bonchev–Trinajstić information content (AvgIpc) is 3.03. The van der Waals surface area contributed by atoms with Crippen molar-refractivity contribution in [2.45, 2.75) is 14.7 Å². The van der Waals surface area contributed by atoms with Crippen LogP contribution in [0, 0.1) is 0 Å². The molecule has 1 heterocycles. The molecule has 0 saturated heterocycles. The standard InChI is InChI=1S/C23H23N3O5S2/c1-25-20-13-19(24-33(28,29)18-11-7-16(31-4)8-12-18)22(14-21(20)26(2)23(25)27)32-17-9-5-15(30-3)6-10-17/h5-14,24H,1-4H3. The third-order valence-electron chi connectivity index (χ3n) is 5.27. The lowest BCUT2D eigenvalue weighted by Crippen LogP contribution is -2.19. The first kappa shape index (κ1) is 22.8. The Bertz CT molecular complexity index is 1470. The van der Waals surface area contributed by atoms with E-state index >= 15 is 0 Å². The van der Waals surface area contributed by atoms with E-state index in [1.165, 1.54) is 40.1 Å². The highest BCUT2D eigenvalue weighted by molar-refractivity contribution is 7.99. The minimum absolute atomic E-state index is 0.103. The molecule has 0 radical (unpaired) electrons. The summed E-state index contributed by atoms with van der Waals surface area (Å²) in [5.41, 5.74) is 1.50. The topological polar surface area (TPSA) is 91.6 Å². The highest BCUT2D eigenvalue weighted by Gasteiger charge is 2.20. The minimum atomic E-state index is -3.88. The minimum Gasteiger partial charge on any atom is -0.497 e. The Labute approximate surface area is 195 Å². The van der Waals surface area contributed by atoms with Gasteiger partial charge in [-0.3, -0.25) is 13.9 Å². The van der Waals surface area contributed by atoms with E-state index in [2.05, 4.69) is 4.72 Å². The molecule has 0 saturated carbocycles. The van der Waals surface area contributed by atoms with Gasteiger partial charge in [0, 0.05) is 23.9 Å². The summed E-state index contributed by atoms with van der Waals surface area (Å²) >= 11 is 1.39. The fourth-order valence-electron chi connectivity index (χ4n) is 3.42. The van der Waals surface area contributed by atoms with Crippen molar-refractivity contribution in [3.8, 4) is 11.5 Å². The predicted octanol–water partition coefficient (Wildman–Crippen LogP) is 3.85. The Morgan fingerprint density at radius 2 is 1.33 bits per heavy atom. The van der Waals surface area contributed by atoms with Crippen molar-refractivity contribution in [1.82, 2.24) is 9.13 Å². The fourth-order valence-corrected chi connectivity index (χ4v) is 5.47. The highest BCUT2D eigenvalue weighted by atomic mass is 32.2. The normalized spacial score (nSPS) is 11.5. The van der Waals surface area contributed by atoms with Crippen molar-refractivity contribution < 1.29 is 17.9 Å². The van der Waals surface area contributed by atoms with Crippen molar-refractivity contribution >= 4 is 38.5 Å². The molecular weight excluding hydrogens is 462 g/mol. The van der Waals surface area contributed by atoms with Crippen LogP contribution in [0.15, 0.2) is 80.1 Å². The molecular formula is C23H23N3O5S2. The number of hydrogen-bond donors (Lipinski definition) is 1. The number of rotatable bonds is 7. The number of sulfonamides is 1. The van der Waals surface area contributed by atoms with Gasteiger partial charge in [0.15, 0.2) is 0 Å². The van der Waals surface area contributed by atoms with Gasteiger partial charge >= 0.3 is 5.69 Å². The Balaban J connectivity index is 1.80. The first-order chi connectivity index (χ1) is 15.7. The molecule has 1 aromatic heterocycles. The number of hydrogen-bond acceptors (Lipinski definition) is 6. The van der Waals surface area contributed by atoms with Gasteiger partial charge in [-0.15, -0.1) is 0 Å². The zero-order valence-electron chi connectivity index (χ0n) is 18.5. The van der Waals surface area contributed by atoms with Gasteiger partial charge < -0.3 is 9.47 Å². The van der Waals surface area contributed by atoms with Crippen LogP contribution in [0.1, 0.15) is 0 Å². The number of anilines is 1. The number of ether oxygens (including phenoxy) is 2. The summed E-state index contributed by atoms with van der Waals surface area (Å²) in [6.45, 7) is 0. The number of nitrogens with zero attached hydrogens (tertiary/aromatic N) is 2. The number of imidazole rings is 1. The molecule has 0 amide bonds. The maximum Gasteiger partial charge on any atom is 0.328 e. The quantitative estimate of drug-likeness (QED) is 0.428. The molecule has 0 bridgehead atoms. The first-order valence-corrected chi connectivity index (χ1v) is 12.2. The van der Waals surface area contributed by atoms with E-state index in [1.54, 1.807) is 39.4 Å². The van der Waals surface area contributed by atoms with Gasteiger partial charge in [-0.25, -0.2) is 13.2 Å². The molecule has 4 rings (SSSR count). The zero-order valence-corrected chi connectivity index (χ0v) is 20.2. The Kier molecular flexibility index (Phi) is 6.13. The molecule has 0 atom stereocenters. The fraction of sp³-hybridized carbons (Fsp3) is 0.174. The van der Waals surface area contributed by atoms with Gasteiger partial charge in [0.25, 0.3) is 10.0 Å². The molecule has 0 spiro atoms. The lowest BCUT2D eigenvalue weighted by atomic mass is 10.3. The van der Waals surface area contributed by atoms with Crippen LogP contribution in [-0.2, 0) is 24.1 Å². The molecule has 172 valence electrons. The van der Waals surface area contributed by atoms with Gasteiger partial charge in [-0.1, -0.05) is 11.8 Å². The second-order valence-corrected chi connectivity index (χ2v) is 10.1. The highest BCUT2D eigenvalue weighted by Crippen LogP contribution is 2.38. The van der Waals surface area contributed by atoms with Gasteiger partial charge in [0.1, 0.15) is 11.5 Å². The SMILES string of the molecule is COc1ccc(Sc2cc3c(cc2NS(=O)(=O)c2ccc(OC)cc2)n(C)c(=O)n3C)cc1. The van der Waals surface area contributed by atoms with E-state index in [1.807, 2.05) is 30.3 Å². The van der Waals surface area contributed by atoms with E-state index < -0.39 is 10.0 Å². The maximum absolute atomic E-state index is 13.1. The van der Waals surface area contributed by atoms with Crippen LogP contribution < -0.4 is 19.9 Å². The van der Waals surface area contributed by atoms with E-state index in [9.17, 15) is 13.2 Å². The Morgan fingerprint density at radius 3 is 1.88 bits per heavy atom. The molecule has 0 aliphatic carbocycles. The van der Waals surface area contributed by atoms with Crippen molar-refractivity contribution in [2.75, 3.05) is 18.9 Å². The summed E-state index contributed by atoms with van der Waals surface area (Å²) in [5.74, 6) is 1.28. The third-order valence-corrected chi connectivity index (χ3v) is 7.72. The number of aryl methyl sites for hydroxylation is 2. The smallest absolute Gasteiger partial charge is 0.328 e. The summed E-state index contributed by atoms with van der Waals surface area (Å²) in [7, 11) is 2.57. The van der Waals surface area contributed by atoms with Crippen molar-refractivity contribution in [3.05, 3.63) is 71.1 Å². The second-order valence-electron chi connectivity index (χ2n) is 7.30. The lowest BCUT2D eigenvalue weighted by Gasteiger charge is -2.14. The van der Waals surface area contributed by atoms with Crippen LogP contribution in [-0.4, -0.2) is 31.8 Å². The summed E-state index contributed by atoms with van der Waals surface area (Å²) in [6.07, 6.45) is 0. The van der Waals surface area contributed by atoms with Gasteiger partial charge in [-0.2, -0.15) is 0 Å². The van der Waals surface area contributed by atoms with Crippen LogP contribution in [0.2, 0.25) is 0 Å². The van der Waals surface area contributed by atoms with Gasteiger partial charge in [-0.05, 0) is 60.7 Å². The molecule has 1 N–H and O–H groups in total. The number of fused-ring (bicyclic) bond motifs is 1. The number of benzene rings is 3. The largest absolute Gasteiger partial charge is 0.497 e. The Hall–Kier alpha value is -3.37. The second kappa shape index (κ2) is 8.87.